The van der Waals surface area contributed by atoms with Crippen molar-refractivity contribution < 1.29 is 19.4 Å². The molecule has 21 heavy (non-hydrogen) atoms. The first-order valence-electron chi connectivity index (χ1n) is 6.24. The van der Waals surface area contributed by atoms with E-state index in [1.807, 2.05) is 0 Å². The highest BCUT2D eigenvalue weighted by atomic mass is 32.1. The van der Waals surface area contributed by atoms with Gasteiger partial charge in [-0.15, -0.1) is 0 Å². The average Bonchev–Trinajstić information content (AvgIpc) is 2.80. The van der Waals surface area contributed by atoms with E-state index in [-0.39, 0.29) is 5.56 Å². The van der Waals surface area contributed by atoms with Gasteiger partial charge in [-0.1, -0.05) is 23.5 Å². The number of anilines is 2. The van der Waals surface area contributed by atoms with Gasteiger partial charge in [0.25, 0.3) is 0 Å². The molecule has 0 fully saturated rings. The summed E-state index contributed by atoms with van der Waals surface area (Å²) in [5.74, 6) is -1.62. The molecule has 6 nitrogen and oxygen atoms in total. The fourth-order valence-corrected chi connectivity index (χ4v) is 2.53. The molecule has 1 N–H and O–H groups in total. The molecule has 0 radical (unpaired) electrons. The summed E-state index contributed by atoms with van der Waals surface area (Å²) in [5.41, 5.74) is 1.36. The Morgan fingerprint density at radius 3 is 2.57 bits per heavy atom. The van der Waals surface area contributed by atoms with Crippen molar-refractivity contribution in [2.24, 2.45) is 0 Å². The molecule has 0 aliphatic heterocycles. The van der Waals surface area contributed by atoms with Crippen LogP contribution in [0.25, 0.3) is 0 Å². The SMILES string of the molecule is CCOC(=O)c1sc(Nc2ccc(C(=O)[O-])cc2)nc1C. The molecule has 2 rings (SSSR count). The number of carboxylic acids is 1. The number of carbonyl (C=O) groups excluding carboxylic acids is 2. The van der Waals surface area contributed by atoms with Crippen molar-refractivity contribution in [1.82, 2.24) is 4.98 Å². The largest absolute Gasteiger partial charge is 0.545 e. The molecule has 7 heteroatoms. The minimum atomic E-state index is -1.23. The molecule has 1 aromatic carbocycles. The second kappa shape index (κ2) is 6.36. The van der Waals surface area contributed by atoms with E-state index in [2.05, 4.69) is 10.3 Å². The Kier molecular flexibility index (Phi) is 4.54. The second-order valence-corrected chi connectivity index (χ2v) is 5.14. The topological polar surface area (TPSA) is 91.3 Å². The molecule has 0 unspecified atom stereocenters. The number of benzene rings is 1. The molecule has 1 heterocycles. The third-order valence-corrected chi connectivity index (χ3v) is 3.68. The summed E-state index contributed by atoms with van der Waals surface area (Å²) in [6, 6.07) is 6.08. The maximum absolute atomic E-state index is 11.7. The first-order valence-corrected chi connectivity index (χ1v) is 7.06. The third kappa shape index (κ3) is 3.57. The maximum Gasteiger partial charge on any atom is 0.350 e. The lowest BCUT2D eigenvalue weighted by atomic mass is 10.2. The van der Waals surface area contributed by atoms with Crippen LogP contribution < -0.4 is 10.4 Å². The van der Waals surface area contributed by atoms with Crippen LogP contribution in [0.5, 0.6) is 0 Å². The first-order chi connectivity index (χ1) is 10.0. The molecule has 0 aliphatic rings. The van der Waals surface area contributed by atoms with Crippen LogP contribution in [-0.2, 0) is 4.74 Å². The van der Waals surface area contributed by atoms with Crippen molar-refractivity contribution in [1.29, 1.82) is 0 Å². The highest BCUT2D eigenvalue weighted by Gasteiger charge is 2.16. The minimum Gasteiger partial charge on any atom is -0.545 e. The summed E-state index contributed by atoms with van der Waals surface area (Å²) >= 11 is 1.19. The number of thiazole rings is 1. The van der Waals surface area contributed by atoms with E-state index in [0.29, 0.717) is 28.0 Å². The molecule has 2 aromatic rings. The first kappa shape index (κ1) is 15.0. The number of nitrogens with zero attached hydrogens (tertiary/aromatic N) is 1. The zero-order valence-electron chi connectivity index (χ0n) is 11.5. The number of nitrogens with one attached hydrogen (secondary N) is 1. The zero-order valence-corrected chi connectivity index (χ0v) is 12.3. The Balaban J connectivity index is 2.14. The number of rotatable bonds is 5. The number of carbonyl (C=O) groups is 2. The number of hydrogen-bond acceptors (Lipinski definition) is 7. The van der Waals surface area contributed by atoms with Gasteiger partial charge in [0.15, 0.2) is 5.13 Å². The van der Waals surface area contributed by atoms with Gasteiger partial charge in [0.1, 0.15) is 4.88 Å². The van der Waals surface area contributed by atoms with Gasteiger partial charge in [0.05, 0.1) is 18.3 Å². The number of aromatic nitrogens is 1. The normalized spacial score (nSPS) is 10.2. The Bertz CT molecular complexity index is 664. The van der Waals surface area contributed by atoms with Gasteiger partial charge in [-0.25, -0.2) is 9.78 Å². The summed E-state index contributed by atoms with van der Waals surface area (Å²) in [7, 11) is 0. The van der Waals surface area contributed by atoms with Crippen molar-refractivity contribution in [3.8, 4) is 0 Å². The van der Waals surface area contributed by atoms with Crippen LogP contribution in [0, 0.1) is 6.92 Å². The molecule has 0 saturated carbocycles. The van der Waals surface area contributed by atoms with Crippen LogP contribution in [0.2, 0.25) is 0 Å². The van der Waals surface area contributed by atoms with Crippen LogP contribution >= 0.6 is 11.3 Å². The molecule has 0 spiro atoms. The summed E-state index contributed by atoms with van der Waals surface area (Å²) in [6.07, 6.45) is 0. The van der Waals surface area contributed by atoms with Gasteiger partial charge in [0.2, 0.25) is 0 Å². The van der Waals surface area contributed by atoms with E-state index in [9.17, 15) is 14.7 Å². The van der Waals surface area contributed by atoms with Crippen LogP contribution in [0.1, 0.15) is 32.6 Å². The molecule has 1 aromatic heterocycles. The predicted molar refractivity (Wildman–Crippen MR) is 76.9 cm³/mol. The van der Waals surface area contributed by atoms with Gasteiger partial charge in [0, 0.05) is 5.69 Å². The lowest BCUT2D eigenvalue weighted by Gasteiger charge is -2.05. The number of ether oxygens (including phenoxy) is 1. The van der Waals surface area contributed by atoms with Crippen molar-refractivity contribution in [2.45, 2.75) is 13.8 Å². The Hall–Kier alpha value is -2.41. The van der Waals surface area contributed by atoms with Crippen LogP contribution in [0.4, 0.5) is 10.8 Å². The van der Waals surface area contributed by atoms with Gasteiger partial charge in [-0.2, -0.15) is 0 Å². The summed E-state index contributed by atoms with van der Waals surface area (Å²) < 4.78 is 4.95. The van der Waals surface area contributed by atoms with Crippen LogP contribution in [0.15, 0.2) is 24.3 Å². The zero-order chi connectivity index (χ0) is 15.4. The lowest BCUT2D eigenvalue weighted by Crippen LogP contribution is -2.21. The average molecular weight is 305 g/mol. The van der Waals surface area contributed by atoms with E-state index in [1.165, 1.54) is 23.5 Å². The lowest BCUT2D eigenvalue weighted by molar-refractivity contribution is -0.255. The maximum atomic E-state index is 11.7. The fraction of sp³-hybridized carbons (Fsp3) is 0.214. The Morgan fingerprint density at radius 1 is 1.33 bits per heavy atom. The van der Waals surface area contributed by atoms with Crippen molar-refractivity contribution in [3.05, 3.63) is 40.4 Å². The Labute approximate surface area is 125 Å². The van der Waals surface area contributed by atoms with E-state index < -0.39 is 11.9 Å². The van der Waals surface area contributed by atoms with E-state index in [4.69, 9.17) is 4.74 Å². The minimum absolute atomic E-state index is 0.100. The van der Waals surface area contributed by atoms with Gasteiger partial charge in [-0.05, 0) is 31.5 Å². The van der Waals surface area contributed by atoms with Crippen molar-refractivity contribution in [3.63, 3.8) is 0 Å². The molecular weight excluding hydrogens is 292 g/mol. The van der Waals surface area contributed by atoms with Gasteiger partial charge < -0.3 is 20.0 Å². The highest BCUT2D eigenvalue weighted by molar-refractivity contribution is 7.17. The molecule has 110 valence electrons. The summed E-state index contributed by atoms with van der Waals surface area (Å²) in [5, 5.41) is 14.2. The standard InChI is InChI=1S/C14H14N2O4S/c1-3-20-13(19)11-8(2)15-14(21-11)16-10-6-4-9(5-7-10)12(17)18/h4-7H,3H2,1-2H3,(H,15,16)(H,17,18)/p-1. The Morgan fingerprint density at radius 2 is 2.00 bits per heavy atom. The predicted octanol–water partition coefficient (Wildman–Crippen LogP) is 1.74. The monoisotopic (exact) mass is 305 g/mol. The number of aryl methyl sites for hydroxylation is 1. The van der Waals surface area contributed by atoms with Crippen molar-refractivity contribution in [2.75, 3.05) is 11.9 Å². The molecule has 0 aliphatic carbocycles. The number of esters is 1. The molecule has 0 saturated heterocycles. The van der Waals surface area contributed by atoms with Crippen LogP contribution in [0.3, 0.4) is 0 Å². The number of aromatic carboxylic acids is 1. The molecule has 0 bridgehead atoms. The van der Waals surface area contributed by atoms with Gasteiger partial charge >= 0.3 is 5.97 Å². The summed E-state index contributed by atoms with van der Waals surface area (Å²) in [4.78, 5) is 27.1. The fourth-order valence-electron chi connectivity index (χ4n) is 1.65. The van der Waals surface area contributed by atoms with Crippen LogP contribution in [-0.4, -0.2) is 23.5 Å². The summed E-state index contributed by atoms with van der Waals surface area (Å²) in [6.45, 7) is 3.78. The van der Waals surface area contributed by atoms with E-state index in [1.54, 1.807) is 26.0 Å². The number of hydrogen-bond donors (Lipinski definition) is 1. The highest BCUT2D eigenvalue weighted by Crippen LogP contribution is 2.26. The number of carboxylic acid groups (broad SMARTS) is 1. The quantitative estimate of drug-likeness (QED) is 0.846. The van der Waals surface area contributed by atoms with E-state index >= 15 is 0 Å². The third-order valence-electron chi connectivity index (χ3n) is 2.63. The smallest absolute Gasteiger partial charge is 0.350 e. The van der Waals surface area contributed by atoms with Gasteiger partial charge in [-0.3, -0.25) is 0 Å². The van der Waals surface area contributed by atoms with Crippen molar-refractivity contribution >= 4 is 34.1 Å². The molecular formula is C14H13N2O4S-. The van der Waals surface area contributed by atoms with E-state index in [0.717, 1.165) is 0 Å². The molecule has 0 amide bonds. The molecule has 0 atom stereocenters. The second-order valence-electron chi connectivity index (χ2n) is 4.14.